The monoisotopic (exact) mass is 350 g/mol. The maximum Gasteiger partial charge on any atom is 0.139 e. The summed E-state index contributed by atoms with van der Waals surface area (Å²) >= 11 is 19.0. The molecule has 120 valence electrons. The van der Waals surface area contributed by atoms with E-state index in [1.165, 1.54) is 32.1 Å². The molecule has 0 aromatic heterocycles. The van der Waals surface area contributed by atoms with Gasteiger partial charge in [0.25, 0.3) is 0 Å². The maximum absolute atomic E-state index is 6.47. The SMILES string of the molecule is CCCCCCCCC(Cl)c1cc(Cl)c(OCC)cc1Cl. The van der Waals surface area contributed by atoms with Crippen molar-refractivity contribution >= 4 is 34.8 Å². The lowest BCUT2D eigenvalue weighted by atomic mass is 10.0. The van der Waals surface area contributed by atoms with Crippen LogP contribution in [0.5, 0.6) is 5.75 Å². The third-order valence-corrected chi connectivity index (χ3v) is 4.58. The molecule has 0 saturated carbocycles. The molecule has 0 spiro atoms. The lowest BCUT2D eigenvalue weighted by Crippen LogP contribution is -1.97. The minimum Gasteiger partial charge on any atom is -0.492 e. The Balaban J connectivity index is 2.50. The first-order valence-electron chi connectivity index (χ1n) is 7.85. The van der Waals surface area contributed by atoms with Gasteiger partial charge >= 0.3 is 0 Å². The molecule has 1 unspecified atom stereocenters. The van der Waals surface area contributed by atoms with Gasteiger partial charge in [-0.15, -0.1) is 11.6 Å². The maximum atomic E-state index is 6.47. The number of rotatable bonds is 10. The zero-order chi connectivity index (χ0) is 15.7. The molecule has 1 aromatic rings. The number of benzene rings is 1. The standard InChI is InChI=1S/C17H25Cl3O/c1-3-5-6-7-8-9-10-14(18)13-11-16(20)17(21-4-2)12-15(13)19/h11-12,14H,3-10H2,1-2H3. The Hall–Kier alpha value is -0.110. The van der Waals surface area contributed by atoms with Gasteiger partial charge in [0.1, 0.15) is 5.75 Å². The van der Waals surface area contributed by atoms with Gasteiger partial charge in [0.15, 0.2) is 0 Å². The molecular weight excluding hydrogens is 327 g/mol. The van der Waals surface area contributed by atoms with Crippen LogP contribution in [0.4, 0.5) is 0 Å². The Morgan fingerprint density at radius 1 is 0.952 bits per heavy atom. The molecule has 1 aromatic carbocycles. The van der Waals surface area contributed by atoms with Crippen LogP contribution in [0, 0.1) is 0 Å². The smallest absolute Gasteiger partial charge is 0.139 e. The highest BCUT2D eigenvalue weighted by Gasteiger charge is 2.15. The summed E-state index contributed by atoms with van der Waals surface area (Å²) in [5.74, 6) is 0.622. The molecule has 0 radical (unpaired) electrons. The van der Waals surface area contributed by atoms with Crippen molar-refractivity contribution in [2.75, 3.05) is 6.61 Å². The van der Waals surface area contributed by atoms with Crippen molar-refractivity contribution in [2.45, 2.75) is 64.2 Å². The summed E-state index contributed by atoms with van der Waals surface area (Å²) in [6.45, 7) is 4.71. The van der Waals surface area contributed by atoms with Gasteiger partial charge in [0.05, 0.1) is 17.0 Å². The minimum absolute atomic E-state index is 0.0862. The Morgan fingerprint density at radius 2 is 1.62 bits per heavy atom. The quantitative estimate of drug-likeness (QED) is 0.314. The van der Waals surface area contributed by atoms with Crippen LogP contribution in [-0.2, 0) is 0 Å². The molecule has 0 bridgehead atoms. The van der Waals surface area contributed by atoms with Gasteiger partial charge in [-0.1, -0.05) is 68.7 Å². The molecule has 0 heterocycles. The van der Waals surface area contributed by atoms with Gasteiger partial charge in [0.2, 0.25) is 0 Å². The second-order valence-corrected chi connectivity index (χ2v) is 6.60. The number of halogens is 3. The molecule has 0 fully saturated rings. The van der Waals surface area contributed by atoms with E-state index in [4.69, 9.17) is 39.5 Å². The van der Waals surface area contributed by atoms with Crippen LogP contribution in [0.25, 0.3) is 0 Å². The predicted octanol–water partition coefficient (Wildman–Crippen LogP) is 7.42. The van der Waals surface area contributed by atoms with Crippen molar-refractivity contribution in [3.8, 4) is 5.75 Å². The van der Waals surface area contributed by atoms with Crippen molar-refractivity contribution in [2.24, 2.45) is 0 Å². The molecule has 1 nitrogen and oxygen atoms in total. The Morgan fingerprint density at radius 3 is 2.29 bits per heavy atom. The lowest BCUT2D eigenvalue weighted by Gasteiger charge is -2.14. The van der Waals surface area contributed by atoms with Crippen molar-refractivity contribution in [1.82, 2.24) is 0 Å². The molecule has 4 heteroatoms. The van der Waals surface area contributed by atoms with Gasteiger partial charge < -0.3 is 4.74 Å². The third kappa shape index (κ3) is 6.67. The largest absolute Gasteiger partial charge is 0.492 e. The summed E-state index contributed by atoms with van der Waals surface area (Å²) < 4.78 is 5.43. The summed E-state index contributed by atoms with van der Waals surface area (Å²) in [6.07, 6.45) is 8.49. The molecule has 0 saturated heterocycles. The van der Waals surface area contributed by atoms with Crippen LogP contribution < -0.4 is 4.74 Å². The zero-order valence-electron chi connectivity index (χ0n) is 12.9. The second-order valence-electron chi connectivity index (χ2n) is 5.26. The molecule has 0 amide bonds. The fraction of sp³-hybridized carbons (Fsp3) is 0.647. The van der Waals surface area contributed by atoms with Crippen molar-refractivity contribution in [3.63, 3.8) is 0 Å². The summed E-state index contributed by atoms with van der Waals surface area (Å²) in [5.41, 5.74) is 0.903. The van der Waals surface area contributed by atoms with Crippen molar-refractivity contribution < 1.29 is 4.74 Å². The molecule has 0 aliphatic heterocycles. The van der Waals surface area contributed by atoms with E-state index in [-0.39, 0.29) is 5.38 Å². The molecule has 21 heavy (non-hydrogen) atoms. The Bertz CT molecular complexity index is 421. The summed E-state index contributed by atoms with van der Waals surface area (Å²) in [5, 5.41) is 1.12. The van der Waals surface area contributed by atoms with E-state index in [0.717, 1.165) is 18.4 Å². The van der Waals surface area contributed by atoms with Crippen LogP contribution >= 0.6 is 34.8 Å². The van der Waals surface area contributed by atoms with E-state index in [1.807, 2.05) is 13.0 Å². The van der Waals surface area contributed by atoms with Gasteiger partial charge in [0, 0.05) is 11.1 Å². The number of hydrogen-bond donors (Lipinski definition) is 0. The topological polar surface area (TPSA) is 9.23 Å². The minimum atomic E-state index is -0.0862. The summed E-state index contributed by atoms with van der Waals surface area (Å²) in [4.78, 5) is 0. The van der Waals surface area contributed by atoms with Crippen molar-refractivity contribution in [3.05, 3.63) is 27.7 Å². The first-order valence-corrected chi connectivity index (χ1v) is 9.05. The third-order valence-electron chi connectivity index (χ3n) is 3.50. The van der Waals surface area contributed by atoms with Gasteiger partial charge in [-0.05, 0) is 25.0 Å². The predicted molar refractivity (Wildman–Crippen MR) is 94.2 cm³/mol. The van der Waals surface area contributed by atoms with Crippen LogP contribution in [-0.4, -0.2) is 6.61 Å². The van der Waals surface area contributed by atoms with E-state index in [1.54, 1.807) is 6.07 Å². The number of alkyl halides is 1. The van der Waals surface area contributed by atoms with E-state index < -0.39 is 0 Å². The molecule has 0 aliphatic carbocycles. The van der Waals surface area contributed by atoms with E-state index in [9.17, 15) is 0 Å². The summed E-state index contributed by atoms with van der Waals surface area (Å²) in [7, 11) is 0. The van der Waals surface area contributed by atoms with E-state index in [2.05, 4.69) is 6.92 Å². The highest BCUT2D eigenvalue weighted by Crippen LogP contribution is 2.38. The van der Waals surface area contributed by atoms with Gasteiger partial charge in [-0.3, -0.25) is 0 Å². The first kappa shape index (κ1) is 18.9. The van der Waals surface area contributed by atoms with Crippen molar-refractivity contribution in [1.29, 1.82) is 0 Å². The highest BCUT2D eigenvalue weighted by atomic mass is 35.5. The average molecular weight is 352 g/mol. The molecule has 1 rings (SSSR count). The highest BCUT2D eigenvalue weighted by molar-refractivity contribution is 6.35. The number of hydrogen-bond acceptors (Lipinski definition) is 1. The fourth-order valence-corrected chi connectivity index (χ4v) is 3.21. The average Bonchev–Trinajstić information content (AvgIpc) is 2.46. The van der Waals surface area contributed by atoms with Crippen LogP contribution in [0.15, 0.2) is 12.1 Å². The van der Waals surface area contributed by atoms with Crippen LogP contribution in [0.2, 0.25) is 10.0 Å². The normalized spacial score (nSPS) is 12.4. The molecule has 0 N–H and O–H groups in total. The molecular formula is C17H25Cl3O. The molecule has 0 aliphatic rings. The second kappa shape index (κ2) is 10.6. The summed E-state index contributed by atoms with van der Waals surface area (Å²) in [6, 6.07) is 3.60. The molecule has 1 atom stereocenters. The Kier molecular flexibility index (Phi) is 9.55. The first-order chi connectivity index (χ1) is 10.1. The zero-order valence-corrected chi connectivity index (χ0v) is 15.2. The number of unbranched alkanes of at least 4 members (excludes halogenated alkanes) is 5. The lowest BCUT2D eigenvalue weighted by molar-refractivity contribution is 0.340. The van der Waals surface area contributed by atoms with Crippen LogP contribution in [0.1, 0.15) is 69.7 Å². The van der Waals surface area contributed by atoms with E-state index in [0.29, 0.717) is 22.4 Å². The van der Waals surface area contributed by atoms with Gasteiger partial charge in [-0.2, -0.15) is 0 Å². The van der Waals surface area contributed by atoms with Crippen LogP contribution in [0.3, 0.4) is 0 Å². The fourth-order valence-electron chi connectivity index (χ4n) is 2.31. The van der Waals surface area contributed by atoms with E-state index >= 15 is 0 Å². The number of ether oxygens (including phenoxy) is 1. The Labute approximate surface area is 143 Å². The van der Waals surface area contributed by atoms with Gasteiger partial charge in [-0.25, -0.2) is 0 Å².